The standard InChI is InChI=1S/C12H12INOS/c1-8(2)11-6-14(16-13)12-4-3-9(7-15)5-10(11)12/h3-8H,1-2H3. The Kier molecular flexibility index (Phi) is 3.59. The Bertz CT molecular complexity index is 533. The minimum atomic E-state index is 0.467. The smallest absolute Gasteiger partial charge is 0.150 e. The summed E-state index contributed by atoms with van der Waals surface area (Å²) in [5.74, 6) is 0.467. The van der Waals surface area contributed by atoms with Gasteiger partial charge in [-0.15, -0.1) is 0 Å². The van der Waals surface area contributed by atoms with Crippen molar-refractivity contribution in [2.75, 3.05) is 0 Å². The second-order valence-electron chi connectivity index (χ2n) is 4.03. The molecule has 0 bridgehead atoms. The number of benzene rings is 1. The van der Waals surface area contributed by atoms with Crippen molar-refractivity contribution in [2.24, 2.45) is 0 Å². The van der Waals surface area contributed by atoms with E-state index in [9.17, 15) is 4.79 Å². The highest BCUT2D eigenvalue weighted by molar-refractivity contribution is 14.2. The van der Waals surface area contributed by atoms with Crippen molar-refractivity contribution in [2.45, 2.75) is 19.8 Å². The predicted octanol–water partition coefficient (Wildman–Crippen LogP) is 4.42. The average molecular weight is 345 g/mol. The lowest BCUT2D eigenvalue weighted by atomic mass is 10.0. The normalized spacial score (nSPS) is 11.2. The van der Waals surface area contributed by atoms with Gasteiger partial charge in [-0.3, -0.25) is 8.77 Å². The molecule has 0 aliphatic rings. The molecule has 1 aromatic carbocycles. The van der Waals surface area contributed by atoms with Crippen LogP contribution in [0.15, 0.2) is 24.4 Å². The molecule has 2 aromatic rings. The fraction of sp³-hybridized carbons (Fsp3) is 0.250. The summed E-state index contributed by atoms with van der Waals surface area (Å²) in [6, 6.07) is 5.85. The van der Waals surface area contributed by atoms with Crippen LogP contribution in [0.3, 0.4) is 0 Å². The lowest BCUT2D eigenvalue weighted by molar-refractivity contribution is 0.112. The Morgan fingerprint density at radius 2 is 2.19 bits per heavy atom. The third kappa shape index (κ3) is 2.00. The summed E-state index contributed by atoms with van der Waals surface area (Å²) >= 11 is 2.27. The van der Waals surface area contributed by atoms with Gasteiger partial charge < -0.3 is 0 Å². The minimum Gasteiger partial charge on any atom is -0.298 e. The van der Waals surface area contributed by atoms with Crippen LogP contribution in [0.2, 0.25) is 0 Å². The van der Waals surface area contributed by atoms with Crippen LogP contribution in [-0.2, 0) is 0 Å². The second-order valence-corrected chi connectivity index (χ2v) is 5.74. The monoisotopic (exact) mass is 345 g/mol. The fourth-order valence-electron chi connectivity index (χ4n) is 1.83. The summed E-state index contributed by atoms with van der Waals surface area (Å²) in [4.78, 5) is 10.8. The molecule has 0 saturated carbocycles. The highest BCUT2D eigenvalue weighted by Crippen LogP contribution is 2.32. The van der Waals surface area contributed by atoms with E-state index >= 15 is 0 Å². The van der Waals surface area contributed by atoms with Crippen molar-refractivity contribution in [3.05, 3.63) is 35.5 Å². The van der Waals surface area contributed by atoms with E-state index in [-0.39, 0.29) is 0 Å². The molecule has 84 valence electrons. The maximum atomic E-state index is 10.8. The molecule has 2 nitrogen and oxygen atoms in total. The number of hydrogen-bond donors (Lipinski definition) is 0. The van der Waals surface area contributed by atoms with E-state index in [1.165, 1.54) is 16.5 Å². The lowest BCUT2D eigenvalue weighted by Crippen LogP contribution is -1.85. The maximum Gasteiger partial charge on any atom is 0.150 e. The molecule has 0 fully saturated rings. The topological polar surface area (TPSA) is 22.0 Å². The third-order valence-corrected chi connectivity index (χ3v) is 4.38. The van der Waals surface area contributed by atoms with Crippen molar-refractivity contribution in [1.29, 1.82) is 0 Å². The minimum absolute atomic E-state index is 0.467. The first-order chi connectivity index (χ1) is 7.67. The highest BCUT2D eigenvalue weighted by Gasteiger charge is 2.11. The Balaban J connectivity index is 2.75. The summed E-state index contributed by atoms with van der Waals surface area (Å²) in [6.45, 7) is 4.34. The number of carbonyl (C=O) groups is 1. The Hall–Kier alpha value is -0.490. The molecule has 0 N–H and O–H groups in total. The molecular formula is C12H12INOS. The number of aromatic nitrogens is 1. The number of rotatable bonds is 3. The van der Waals surface area contributed by atoms with Crippen molar-refractivity contribution in [3.63, 3.8) is 0 Å². The zero-order valence-electron chi connectivity index (χ0n) is 9.11. The molecule has 0 saturated heterocycles. The molecule has 0 spiro atoms. The molecule has 1 heterocycles. The Morgan fingerprint density at radius 3 is 2.75 bits per heavy atom. The van der Waals surface area contributed by atoms with E-state index in [1.54, 1.807) is 9.12 Å². The van der Waals surface area contributed by atoms with Gasteiger partial charge in [0.05, 0.1) is 5.52 Å². The number of hydrogen-bond acceptors (Lipinski definition) is 2. The van der Waals surface area contributed by atoms with Gasteiger partial charge in [0.25, 0.3) is 0 Å². The van der Waals surface area contributed by atoms with Crippen LogP contribution in [0.5, 0.6) is 0 Å². The summed E-state index contributed by atoms with van der Waals surface area (Å²) < 4.78 is 2.14. The zero-order chi connectivity index (χ0) is 11.7. The van der Waals surface area contributed by atoms with E-state index in [2.05, 4.69) is 45.2 Å². The van der Waals surface area contributed by atoms with Crippen molar-refractivity contribution >= 4 is 47.5 Å². The van der Waals surface area contributed by atoms with Crippen LogP contribution in [0, 0.1) is 0 Å². The SMILES string of the molecule is CC(C)c1cn(SI)c2ccc(C=O)cc12. The van der Waals surface area contributed by atoms with E-state index in [4.69, 9.17) is 0 Å². The van der Waals surface area contributed by atoms with Crippen LogP contribution in [0.25, 0.3) is 10.9 Å². The van der Waals surface area contributed by atoms with Gasteiger partial charge >= 0.3 is 0 Å². The predicted molar refractivity (Wildman–Crippen MR) is 78.4 cm³/mol. The first kappa shape index (κ1) is 12.0. The van der Waals surface area contributed by atoms with Gasteiger partial charge in [-0.05, 0) is 29.7 Å². The quantitative estimate of drug-likeness (QED) is 0.607. The molecular weight excluding hydrogens is 333 g/mol. The molecule has 1 aromatic heterocycles. The molecule has 0 unspecified atom stereocenters. The molecule has 0 aliphatic carbocycles. The number of halogens is 1. The highest BCUT2D eigenvalue weighted by atomic mass is 127. The summed E-state index contributed by atoms with van der Waals surface area (Å²) in [5, 5.41) is 1.18. The first-order valence-corrected chi connectivity index (χ1v) is 8.38. The number of aldehydes is 1. The largest absolute Gasteiger partial charge is 0.298 e. The van der Waals surface area contributed by atoms with Gasteiger partial charge in [-0.25, -0.2) is 0 Å². The van der Waals surface area contributed by atoms with Gasteiger partial charge in [0, 0.05) is 47.5 Å². The molecule has 16 heavy (non-hydrogen) atoms. The molecule has 0 radical (unpaired) electrons. The Morgan fingerprint density at radius 1 is 1.44 bits per heavy atom. The fourth-order valence-corrected chi connectivity index (χ4v) is 3.20. The van der Waals surface area contributed by atoms with E-state index in [1.807, 2.05) is 18.2 Å². The van der Waals surface area contributed by atoms with Crippen molar-refractivity contribution < 1.29 is 4.79 Å². The lowest BCUT2D eigenvalue weighted by Gasteiger charge is -2.01. The van der Waals surface area contributed by atoms with Gasteiger partial charge in [0.15, 0.2) is 0 Å². The van der Waals surface area contributed by atoms with Gasteiger partial charge in [0.1, 0.15) is 6.29 Å². The summed E-state index contributed by atoms with van der Waals surface area (Å²) in [7, 11) is 1.65. The molecule has 0 aliphatic heterocycles. The van der Waals surface area contributed by atoms with Crippen LogP contribution in [-0.4, -0.2) is 10.3 Å². The maximum absolute atomic E-state index is 10.8. The van der Waals surface area contributed by atoms with Gasteiger partial charge in [0.2, 0.25) is 0 Å². The van der Waals surface area contributed by atoms with Crippen LogP contribution in [0.4, 0.5) is 0 Å². The van der Waals surface area contributed by atoms with Gasteiger partial charge in [-0.2, -0.15) is 0 Å². The average Bonchev–Trinajstić information content (AvgIpc) is 2.66. The number of nitrogens with zero attached hydrogens (tertiary/aromatic N) is 1. The number of fused-ring (bicyclic) bond motifs is 1. The first-order valence-electron chi connectivity index (χ1n) is 5.06. The van der Waals surface area contributed by atoms with E-state index < -0.39 is 0 Å². The summed E-state index contributed by atoms with van der Waals surface area (Å²) in [6.07, 6.45) is 3.05. The molecule has 2 rings (SSSR count). The van der Waals surface area contributed by atoms with Gasteiger partial charge in [-0.1, -0.05) is 13.8 Å². The summed E-state index contributed by atoms with van der Waals surface area (Å²) in [5.41, 5.74) is 3.21. The molecule has 0 amide bonds. The molecule has 0 atom stereocenters. The van der Waals surface area contributed by atoms with Crippen LogP contribution < -0.4 is 0 Å². The zero-order valence-corrected chi connectivity index (χ0v) is 12.1. The number of carbonyl (C=O) groups excluding carboxylic acids is 1. The van der Waals surface area contributed by atoms with Crippen LogP contribution in [0.1, 0.15) is 35.7 Å². The van der Waals surface area contributed by atoms with E-state index in [0.29, 0.717) is 5.92 Å². The molecule has 4 heteroatoms. The second kappa shape index (κ2) is 4.79. The van der Waals surface area contributed by atoms with Crippen molar-refractivity contribution in [1.82, 2.24) is 3.97 Å². The Labute approximate surface area is 111 Å². The third-order valence-electron chi connectivity index (χ3n) is 2.66. The van der Waals surface area contributed by atoms with Crippen LogP contribution >= 0.6 is 30.3 Å². The van der Waals surface area contributed by atoms with E-state index in [0.717, 1.165) is 11.8 Å². The van der Waals surface area contributed by atoms with Crippen molar-refractivity contribution in [3.8, 4) is 0 Å².